The van der Waals surface area contributed by atoms with Crippen molar-refractivity contribution < 1.29 is 19.1 Å². The number of carbonyl (C=O) groups is 2. The molecule has 0 N–H and O–H groups in total. The molecule has 1 unspecified atom stereocenters. The summed E-state index contributed by atoms with van der Waals surface area (Å²) in [6, 6.07) is 10.6. The van der Waals surface area contributed by atoms with Crippen LogP contribution < -0.4 is 0 Å². The van der Waals surface area contributed by atoms with Crippen molar-refractivity contribution in [1.82, 2.24) is 4.90 Å². The number of rotatable bonds is 17. The van der Waals surface area contributed by atoms with Crippen molar-refractivity contribution in [3.8, 4) is 0 Å². The molecular formula is C31H49NO4. The first-order valence-electron chi connectivity index (χ1n) is 14.7. The minimum Gasteiger partial charge on any atom is -0.464 e. The number of hydrogen-bond acceptors (Lipinski definition) is 5. The number of fused-ring (bicyclic) bond motifs is 2. The summed E-state index contributed by atoms with van der Waals surface area (Å²) in [5.41, 5.74) is 0.848. The van der Waals surface area contributed by atoms with Gasteiger partial charge in [0.1, 0.15) is 18.6 Å². The Bertz CT molecular complexity index is 753. The topological polar surface area (TPSA) is 55.8 Å². The van der Waals surface area contributed by atoms with Crippen LogP contribution in [0.1, 0.15) is 121 Å². The fourth-order valence-electron chi connectivity index (χ4n) is 5.87. The van der Waals surface area contributed by atoms with E-state index in [1.165, 1.54) is 70.6 Å². The normalized spacial score (nSPS) is 22.3. The summed E-state index contributed by atoms with van der Waals surface area (Å²) in [6.45, 7) is 2.31. The Balaban J connectivity index is 1.34. The largest absolute Gasteiger partial charge is 0.464 e. The molecular weight excluding hydrogens is 450 g/mol. The number of unbranched alkanes of at least 4 members (excludes halogenated alkanes) is 10. The van der Waals surface area contributed by atoms with Gasteiger partial charge in [0, 0.05) is 18.5 Å². The number of hydrogen-bond donors (Lipinski definition) is 0. The fraction of sp³-hybridized carbons (Fsp3) is 0.742. The van der Waals surface area contributed by atoms with Crippen molar-refractivity contribution >= 4 is 11.9 Å². The molecule has 0 aromatic heterocycles. The number of benzene rings is 1. The van der Waals surface area contributed by atoms with E-state index in [4.69, 9.17) is 9.47 Å². The molecule has 0 aliphatic carbocycles. The monoisotopic (exact) mass is 499 g/mol. The SMILES string of the molecule is CCCCCCCCCCCCCC(=O)OCC(C(=O)O[C@H]1C[C@H]2CC[C@@H](C1)N2C)c1ccccc1. The fourth-order valence-corrected chi connectivity index (χ4v) is 5.87. The molecule has 2 aliphatic heterocycles. The summed E-state index contributed by atoms with van der Waals surface area (Å²) in [5.74, 6) is -1.04. The third-order valence-corrected chi connectivity index (χ3v) is 8.22. The number of carbonyl (C=O) groups excluding carboxylic acids is 2. The van der Waals surface area contributed by atoms with Crippen LogP contribution in [-0.2, 0) is 19.1 Å². The molecule has 202 valence electrons. The van der Waals surface area contributed by atoms with Crippen LogP contribution in [0.5, 0.6) is 0 Å². The van der Waals surface area contributed by atoms with Gasteiger partial charge < -0.3 is 14.4 Å². The quantitative estimate of drug-likeness (QED) is 0.168. The Labute approximate surface area is 219 Å². The molecule has 1 aromatic rings. The minimum absolute atomic E-state index is 0.0375. The van der Waals surface area contributed by atoms with Crippen LogP contribution in [0.25, 0.3) is 0 Å². The smallest absolute Gasteiger partial charge is 0.317 e. The van der Waals surface area contributed by atoms with Crippen LogP contribution in [0.2, 0.25) is 0 Å². The van der Waals surface area contributed by atoms with Crippen molar-refractivity contribution in [2.45, 2.75) is 134 Å². The third kappa shape index (κ3) is 9.53. The maximum atomic E-state index is 13.2. The number of nitrogens with zero attached hydrogens (tertiary/aromatic N) is 1. The molecule has 5 heteroatoms. The zero-order valence-electron chi connectivity index (χ0n) is 22.8. The first-order valence-corrected chi connectivity index (χ1v) is 14.7. The van der Waals surface area contributed by atoms with Crippen molar-refractivity contribution in [3.05, 3.63) is 35.9 Å². The summed E-state index contributed by atoms with van der Waals surface area (Å²) in [6.07, 6.45) is 18.3. The molecule has 2 saturated heterocycles. The highest BCUT2D eigenvalue weighted by atomic mass is 16.6. The summed E-state index contributed by atoms with van der Waals surface area (Å²) in [5, 5.41) is 0. The van der Waals surface area contributed by atoms with E-state index in [2.05, 4.69) is 18.9 Å². The summed E-state index contributed by atoms with van der Waals surface area (Å²) in [7, 11) is 2.18. The predicted octanol–water partition coefficient (Wildman–Crippen LogP) is 7.18. The predicted molar refractivity (Wildman–Crippen MR) is 145 cm³/mol. The molecule has 2 heterocycles. The lowest BCUT2D eigenvalue weighted by Gasteiger charge is -2.36. The Hall–Kier alpha value is -1.88. The lowest BCUT2D eigenvalue weighted by atomic mass is 9.98. The second kappa shape index (κ2) is 16.1. The van der Waals surface area contributed by atoms with Gasteiger partial charge in [-0.1, -0.05) is 101 Å². The maximum Gasteiger partial charge on any atom is 0.317 e. The van der Waals surface area contributed by atoms with Crippen LogP contribution in [-0.4, -0.2) is 48.7 Å². The molecule has 36 heavy (non-hydrogen) atoms. The summed E-state index contributed by atoms with van der Waals surface area (Å²) >= 11 is 0. The van der Waals surface area contributed by atoms with Gasteiger partial charge in [-0.3, -0.25) is 9.59 Å². The molecule has 5 nitrogen and oxygen atoms in total. The molecule has 2 fully saturated rings. The zero-order chi connectivity index (χ0) is 25.6. The van der Waals surface area contributed by atoms with Gasteiger partial charge in [0.15, 0.2) is 0 Å². The van der Waals surface area contributed by atoms with Crippen molar-refractivity contribution in [2.75, 3.05) is 13.7 Å². The average molecular weight is 500 g/mol. The standard InChI is InChI=1S/C31H49NO4/c1-3-4-5-6-7-8-9-10-11-12-16-19-30(33)35-24-29(25-17-14-13-15-18-25)31(34)36-28-22-26-20-21-27(23-28)32(26)2/h13-15,17-18,26-29H,3-12,16,19-24H2,1-2H3/t26-,27+,28+,29?. The van der Waals surface area contributed by atoms with Gasteiger partial charge in [0.05, 0.1) is 0 Å². The van der Waals surface area contributed by atoms with E-state index in [1.54, 1.807) is 0 Å². The maximum absolute atomic E-state index is 13.2. The van der Waals surface area contributed by atoms with E-state index in [9.17, 15) is 9.59 Å². The number of ether oxygens (including phenoxy) is 2. The number of piperidine rings is 1. The van der Waals surface area contributed by atoms with Gasteiger partial charge in [0.2, 0.25) is 0 Å². The van der Waals surface area contributed by atoms with Gasteiger partial charge in [0.25, 0.3) is 0 Å². The third-order valence-electron chi connectivity index (χ3n) is 8.22. The molecule has 0 radical (unpaired) electrons. The van der Waals surface area contributed by atoms with Gasteiger partial charge in [-0.15, -0.1) is 0 Å². The Morgan fingerprint density at radius 3 is 2.00 bits per heavy atom. The average Bonchev–Trinajstić information content (AvgIpc) is 3.08. The van der Waals surface area contributed by atoms with Crippen LogP contribution in [0.15, 0.2) is 30.3 Å². The van der Waals surface area contributed by atoms with Crippen LogP contribution in [0.4, 0.5) is 0 Å². The highest BCUT2D eigenvalue weighted by molar-refractivity contribution is 5.79. The van der Waals surface area contributed by atoms with E-state index in [1.807, 2.05) is 30.3 Å². The molecule has 2 aliphatic rings. The highest BCUT2D eigenvalue weighted by Gasteiger charge is 2.40. The molecule has 2 bridgehead atoms. The molecule has 3 rings (SSSR count). The van der Waals surface area contributed by atoms with Crippen LogP contribution in [0, 0.1) is 0 Å². The van der Waals surface area contributed by atoms with E-state index < -0.39 is 5.92 Å². The van der Waals surface area contributed by atoms with Gasteiger partial charge >= 0.3 is 11.9 Å². The summed E-state index contributed by atoms with van der Waals surface area (Å²) in [4.78, 5) is 28.0. The zero-order valence-corrected chi connectivity index (χ0v) is 22.8. The Morgan fingerprint density at radius 1 is 0.861 bits per heavy atom. The van der Waals surface area contributed by atoms with E-state index in [-0.39, 0.29) is 24.6 Å². The van der Waals surface area contributed by atoms with Gasteiger partial charge in [-0.25, -0.2) is 0 Å². The Morgan fingerprint density at radius 2 is 1.42 bits per heavy atom. The number of esters is 2. The van der Waals surface area contributed by atoms with Crippen molar-refractivity contribution in [3.63, 3.8) is 0 Å². The minimum atomic E-state index is -0.565. The van der Waals surface area contributed by atoms with Crippen molar-refractivity contribution in [1.29, 1.82) is 0 Å². The van der Waals surface area contributed by atoms with Crippen LogP contribution >= 0.6 is 0 Å². The summed E-state index contributed by atoms with van der Waals surface area (Å²) < 4.78 is 11.6. The first-order chi connectivity index (χ1) is 17.6. The van der Waals surface area contributed by atoms with E-state index >= 15 is 0 Å². The van der Waals surface area contributed by atoms with E-state index in [0.29, 0.717) is 18.5 Å². The Kier molecular flexibility index (Phi) is 12.8. The second-order valence-electron chi connectivity index (χ2n) is 11.0. The highest BCUT2D eigenvalue weighted by Crippen LogP contribution is 2.36. The van der Waals surface area contributed by atoms with E-state index in [0.717, 1.165) is 31.2 Å². The van der Waals surface area contributed by atoms with Crippen molar-refractivity contribution in [2.24, 2.45) is 0 Å². The van der Waals surface area contributed by atoms with Gasteiger partial charge in [-0.05, 0) is 44.7 Å². The molecule has 0 amide bonds. The molecule has 0 saturated carbocycles. The lowest BCUT2D eigenvalue weighted by Crippen LogP contribution is -2.44. The first kappa shape index (κ1) is 28.7. The lowest BCUT2D eigenvalue weighted by molar-refractivity contribution is -0.158. The molecule has 4 atom stereocenters. The van der Waals surface area contributed by atoms with Gasteiger partial charge in [-0.2, -0.15) is 0 Å². The molecule has 1 aromatic carbocycles. The van der Waals surface area contributed by atoms with Crippen LogP contribution in [0.3, 0.4) is 0 Å². The second-order valence-corrected chi connectivity index (χ2v) is 11.0. The molecule has 0 spiro atoms.